The molecule has 26 heavy (non-hydrogen) atoms. The Balaban J connectivity index is 1.97. The van der Waals surface area contributed by atoms with Crippen LogP contribution in [0, 0.1) is 0 Å². The molecule has 0 aliphatic carbocycles. The molecule has 0 spiro atoms. The molecule has 142 valence electrons. The molecule has 0 atom stereocenters. The highest BCUT2D eigenvalue weighted by atomic mass is 79.9. The van der Waals surface area contributed by atoms with Crippen molar-refractivity contribution in [3.8, 4) is 0 Å². The summed E-state index contributed by atoms with van der Waals surface area (Å²) in [6.07, 6.45) is 5.01. The van der Waals surface area contributed by atoms with Crippen LogP contribution in [0.15, 0.2) is 40.1 Å². The first-order chi connectivity index (χ1) is 12.6. The van der Waals surface area contributed by atoms with E-state index in [0.717, 1.165) is 48.7 Å². The lowest BCUT2D eigenvalue weighted by Gasteiger charge is -2.22. The number of halogens is 1. The number of hydrogen-bond donors (Lipinski definition) is 1. The van der Waals surface area contributed by atoms with Gasteiger partial charge >= 0.3 is 0 Å². The van der Waals surface area contributed by atoms with E-state index in [2.05, 4.69) is 86.1 Å². The number of unbranched alkanes of at least 4 members (excludes halogenated alkanes) is 1. The molecule has 1 aromatic carbocycles. The molecular weight excluding hydrogens is 392 g/mol. The summed E-state index contributed by atoms with van der Waals surface area (Å²) < 4.78 is 3.18. The molecule has 0 fully saturated rings. The second kappa shape index (κ2) is 11.0. The molecule has 1 aromatic heterocycles. The number of aliphatic imine (C=N–C) groups is 1. The van der Waals surface area contributed by atoms with Gasteiger partial charge in [0.1, 0.15) is 12.2 Å². The summed E-state index contributed by atoms with van der Waals surface area (Å²) in [4.78, 5) is 7.02. The molecule has 0 aliphatic rings. The van der Waals surface area contributed by atoms with Gasteiger partial charge in [-0.2, -0.15) is 0 Å². The number of benzene rings is 1. The van der Waals surface area contributed by atoms with Crippen LogP contribution in [0.2, 0.25) is 0 Å². The van der Waals surface area contributed by atoms with Crippen molar-refractivity contribution in [2.75, 3.05) is 20.1 Å². The summed E-state index contributed by atoms with van der Waals surface area (Å²) in [5, 5.41) is 11.6. The fourth-order valence-corrected chi connectivity index (χ4v) is 2.86. The van der Waals surface area contributed by atoms with Gasteiger partial charge in [0.2, 0.25) is 0 Å². The molecule has 0 amide bonds. The quantitative estimate of drug-likeness (QED) is 0.498. The van der Waals surface area contributed by atoms with E-state index in [4.69, 9.17) is 4.99 Å². The lowest BCUT2D eigenvalue weighted by Crippen LogP contribution is -2.41. The zero-order chi connectivity index (χ0) is 18.8. The summed E-state index contributed by atoms with van der Waals surface area (Å²) in [5.41, 5.74) is 1.20. The maximum Gasteiger partial charge on any atom is 0.194 e. The van der Waals surface area contributed by atoms with Gasteiger partial charge in [-0.05, 0) is 24.1 Å². The Morgan fingerprint density at radius 1 is 1.27 bits per heavy atom. The topological polar surface area (TPSA) is 58.3 Å². The molecule has 0 bridgehead atoms. The Morgan fingerprint density at radius 3 is 2.73 bits per heavy atom. The molecule has 0 aliphatic heterocycles. The van der Waals surface area contributed by atoms with Crippen molar-refractivity contribution in [2.24, 2.45) is 4.99 Å². The minimum absolute atomic E-state index is 0.666. The average Bonchev–Trinajstić information content (AvgIpc) is 3.11. The zero-order valence-corrected chi connectivity index (χ0v) is 17.5. The first kappa shape index (κ1) is 20.4. The van der Waals surface area contributed by atoms with E-state index in [1.165, 1.54) is 12.0 Å². The number of hydrogen-bond acceptors (Lipinski definition) is 3. The van der Waals surface area contributed by atoms with Gasteiger partial charge in [0.25, 0.3) is 0 Å². The van der Waals surface area contributed by atoms with Crippen molar-refractivity contribution in [1.29, 1.82) is 0 Å². The molecule has 2 rings (SSSR count). The van der Waals surface area contributed by atoms with E-state index in [1.54, 1.807) is 6.33 Å². The molecule has 6 nitrogen and oxygen atoms in total. The number of aryl methyl sites for hydroxylation is 1. The van der Waals surface area contributed by atoms with Crippen molar-refractivity contribution in [2.45, 2.75) is 46.2 Å². The minimum Gasteiger partial charge on any atom is -0.354 e. The van der Waals surface area contributed by atoms with E-state index < -0.39 is 0 Å². The molecule has 1 N–H and O–H groups in total. The molecule has 0 radical (unpaired) electrons. The fourth-order valence-electron chi connectivity index (χ4n) is 2.60. The van der Waals surface area contributed by atoms with Gasteiger partial charge in [-0.15, -0.1) is 10.2 Å². The smallest absolute Gasteiger partial charge is 0.194 e. The normalized spacial score (nSPS) is 11.6. The van der Waals surface area contributed by atoms with E-state index in [-0.39, 0.29) is 0 Å². The fraction of sp³-hybridized carbons (Fsp3) is 0.526. The second-order valence-electron chi connectivity index (χ2n) is 6.26. The Kier molecular flexibility index (Phi) is 8.61. The Bertz CT molecular complexity index is 680. The van der Waals surface area contributed by atoms with Crippen molar-refractivity contribution in [3.05, 3.63) is 46.5 Å². The molecular formula is C19H29BrN6. The Hall–Kier alpha value is -1.89. The zero-order valence-electron chi connectivity index (χ0n) is 16.0. The van der Waals surface area contributed by atoms with E-state index in [0.29, 0.717) is 6.54 Å². The highest BCUT2D eigenvalue weighted by molar-refractivity contribution is 9.10. The number of aromatic nitrogens is 3. The Labute approximate surface area is 164 Å². The Morgan fingerprint density at radius 2 is 2.04 bits per heavy atom. The standard InChI is InChI=1S/C19H29BrN6/c1-4-6-12-25(3)19(22-14-16-7-9-17(20)10-8-16)21-11-13-26-15-23-24-18(26)5-2/h7-10,15H,4-6,11-14H2,1-3H3,(H,21,22). The summed E-state index contributed by atoms with van der Waals surface area (Å²) in [7, 11) is 2.10. The third-order valence-electron chi connectivity index (χ3n) is 4.18. The third kappa shape index (κ3) is 6.44. The number of nitrogens with zero attached hydrogens (tertiary/aromatic N) is 5. The first-order valence-electron chi connectivity index (χ1n) is 9.24. The number of nitrogens with one attached hydrogen (secondary N) is 1. The summed E-state index contributed by atoms with van der Waals surface area (Å²) in [6, 6.07) is 8.30. The van der Waals surface area contributed by atoms with E-state index >= 15 is 0 Å². The summed E-state index contributed by atoms with van der Waals surface area (Å²) >= 11 is 3.47. The molecule has 1 heterocycles. The maximum atomic E-state index is 4.81. The highest BCUT2D eigenvalue weighted by Gasteiger charge is 2.07. The molecule has 2 aromatic rings. The molecule has 0 saturated heterocycles. The van der Waals surface area contributed by atoms with Crippen LogP contribution >= 0.6 is 15.9 Å². The van der Waals surface area contributed by atoms with Crippen molar-refractivity contribution in [3.63, 3.8) is 0 Å². The van der Waals surface area contributed by atoms with E-state index in [9.17, 15) is 0 Å². The summed E-state index contributed by atoms with van der Waals surface area (Å²) in [5.74, 6) is 1.95. The maximum absolute atomic E-state index is 4.81. The van der Waals surface area contributed by atoms with Gasteiger partial charge < -0.3 is 14.8 Å². The van der Waals surface area contributed by atoms with Gasteiger partial charge in [-0.25, -0.2) is 4.99 Å². The van der Waals surface area contributed by atoms with Crippen molar-refractivity contribution < 1.29 is 0 Å². The van der Waals surface area contributed by atoms with Gasteiger partial charge in [0, 0.05) is 37.6 Å². The van der Waals surface area contributed by atoms with Crippen LogP contribution in [0.25, 0.3) is 0 Å². The van der Waals surface area contributed by atoms with Crippen LogP contribution in [0.1, 0.15) is 38.1 Å². The van der Waals surface area contributed by atoms with Gasteiger partial charge in [0.05, 0.1) is 6.54 Å². The van der Waals surface area contributed by atoms with Crippen LogP contribution in [0.4, 0.5) is 0 Å². The van der Waals surface area contributed by atoms with Crippen LogP contribution in [-0.2, 0) is 19.5 Å². The second-order valence-corrected chi connectivity index (χ2v) is 7.18. The highest BCUT2D eigenvalue weighted by Crippen LogP contribution is 2.11. The van der Waals surface area contributed by atoms with Gasteiger partial charge in [0.15, 0.2) is 5.96 Å². The molecule has 0 saturated carbocycles. The third-order valence-corrected chi connectivity index (χ3v) is 4.71. The summed E-state index contributed by atoms with van der Waals surface area (Å²) in [6.45, 7) is 7.58. The SMILES string of the molecule is CCCCN(C)C(=NCc1ccc(Br)cc1)NCCn1cnnc1CC. The van der Waals surface area contributed by atoms with Gasteiger partial charge in [-0.1, -0.05) is 48.3 Å². The molecule has 0 unspecified atom stereocenters. The lowest BCUT2D eigenvalue weighted by atomic mass is 10.2. The van der Waals surface area contributed by atoms with Crippen LogP contribution < -0.4 is 5.32 Å². The lowest BCUT2D eigenvalue weighted by molar-refractivity contribution is 0.459. The van der Waals surface area contributed by atoms with Crippen LogP contribution in [0.3, 0.4) is 0 Å². The largest absolute Gasteiger partial charge is 0.354 e. The predicted octanol–water partition coefficient (Wildman–Crippen LogP) is 3.48. The van der Waals surface area contributed by atoms with Gasteiger partial charge in [-0.3, -0.25) is 0 Å². The predicted molar refractivity (Wildman–Crippen MR) is 110 cm³/mol. The first-order valence-corrected chi connectivity index (χ1v) is 10.0. The van der Waals surface area contributed by atoms with Crippen molar-refractivity contribution in [1.82, 2.24) is 25.0 Å². The monoisotopic (exact) mass is 420 g/mol. The number of guanidine groups is 1. The van der Waals surface area contributed by atoms with Crippen LogP contribution in [0.5, 0.6) is 0 Å². The average molecular weight is 421 g/mol. The van der Waals surface area contributed by atoms with Crippen LogP contribution in [-0.4, -0.2) is 45.8 Å². The number of rotatable bonds is 9. The molecule has 7 heteroatoms. The van der Waals surface area contributed by atoms with E-state index in [1.807, 2.05) is 0 Å². The van der Waals surface area contributed by atoms with Crippen molar-refractivity contribution >= 4 is 21.9 Å². The minimum atomic E-state index is 0.666.